The summed E-state index contributed by atoms with van der Waals surface area (Å²) in [7, 11) is 2.64. The van der Waals surface area contributed by atoms with Gasteiger partial charge >= 0.3 is 12.0 Å². The molecule has 2 amide bonds. The van der Waals surface area contributed by atoms with E-state index >= 15 is 0 Å². The molecule has 0 spiro atoms. The third-order valence-electron chi connectivity index (χ3n) is 2.12. The molecule has 7 heteroatoms. The molecule has 1 aromatic rings. The predicted octanol–water partition coefficient (Wildman–Crippen LogP) is 1.38. The highest BCUT2D eigenvalue weighted by molar-refractivity contribution is 5.91. The van der Waals surface area contributed by atoms with E-state index in [9.17, 15) is 14.0 Å². The minimum Gasteiger partial charge on any atom is -0.494 e. The Morgan fingerprint density at radius 3 is 2.72 bits per heavy atom. The molecule has 0 saturated heterocycles. The minimum absolute atomic E-state index is 0.00584. The summed E-state index contributed by atoms with van der Waals surface area (Å²) < 4.78 is 17.9. The Morgan fingerprint density at radius 1 is 1.50 bits per heavy atom. The number of hydrogen-bond donors (Lipinski definition) is 2. The average molecular weight is 256 g/mol. The van der Waals surface area contributed by atoms with Crippen LogP contribution in [-0.2, 0) is 4.79 Å². The number of aliphatic carboxylic acids is 1. The molecule has 0 aliphatic heterocycles. The number of carbonyl (C=O) groups excluding carboxylic acids is 1. The third kappa shape index (κ3) is 3.62. The lowest BCUT2D eigenvalue weighted by molar-refractivity contribution is -0.137. The van der Waals surface area contributed by atoms with Gasteiger partial charge in [-0.25, -0.2) is 9.18 Å². The lowest BCUT2D eigenvalue weighted by Gasteiger charge is -2.15. The van der Waals surface area contributed by atoms with Crippen molar-refractivity contribution in [2.45, 2.75) is 0 Å². The van der Waals surface area contributed by atoms with Gasteiger partial charge in [-0.3, -0.25) is 4.79 Å². The van der Waals surface area contributed by atoms with Crippen molar-refractivity contribution in [1.29, 1.82) is 0 Å². The van der Waals surface area contributed by atoms with E-state index < -0.39 is 24.4 Å². The highest BCUT2D eigenvalue weighted by atomic mass is 19.1. The van der Waals surface area contributed by atoms with E-state index in [1.807, 2.05) is 0 Å². The molecule has 98 valence electrons. The number of ether oxygens (including phenoxy) is 1. The number of carboxylic acids is 1. The van der Waals surface area contributed by atoms with Crippen LogP contribution in [0.4, 0.5) is 14.9 Å². The predicted molar refractivity (Wildman–Crippen MR) is 62.2 cm³/mol. The van der Waals surface area contributed by atoms with Crippen LogP contribution >= 0.6 is 0 Å². The molecule has 0 aliphatic rings. The highest BCUT2D eigenvalue weighted by Crippen LogP contribution is 2.21. The van der Waals surface area contributed by atoms with Gasteiger partial charge in [0.05, 0.1) is 7.11 Å². The standard InChI is InChI=1S/C11H13FN2O4/c1-14(6-10(15)16)11(17)13-7-3-4-8(12)9(5-7)18-2/h3-5H,6H2,1-2H3,(H,13,17)(H,15,16). The summed E-state index contributed by atoms with van der Waals surface area (Å²) in [4.78, 5) is 23.0. The van der Waals surface area contributed by atoms with Gasteiger partial charge in [-0.2, -0.15) is 0 Å². The second-order valence-corrected chi connectivity index (χ2v) is 3.53. The van der Waals surface area contributed by atoms with Gasteiger partial charge in [-0.15, -0.1) is 0 Å². The van der Waals surface area contributed by atoms with Gasteiger partial charge in [-0.1, -0.05) is 0 Å². The summed E-state index contributed by atoms with van der Waals surface area (Å²) in [5.41, 5.74) is 0.315. The van der Waals surface area contributed by atoms with Crippen LogP contribution in [0.25, 0.3) is 0 Å². The molecule has 0 fully saturated rings. The highest BCUT2D eigenvalue weighted by Gasteiger charge is 2.13. The fourth-order valence-corrected chi connectivity index (χ4v) is 1.23. The van der Waals surface area contributed by atoms with Gasteiger partial charge in [-0.05, 0) is 12.1 Å². The number of likely N-dealkylation sites (N-methyl/N-ethyl adjacent to an activating group) is 1. The lowest BCUT2D eigenvalue weighted by Crippen LogP contribution is -2.35. The van der Waals surface area contributed by atoms with Gasteiger partial charge in [0.1, 0.15) is 6.54 Å². The number of carbonyl (C=O) groups is 2. The van der Waals surface area contributed by atoms with Crippen LogP contribution in [0.3, 0.4) is 0 Å². The van der Waals surface area contributed by atoms with Crippen molar-refractivity contribution < 1.29 is 23.8 Å². The molecule has 1 rings (SSSR count). The Morgan fingerprint density at radius 2 is 2.17 bits per heavy atom. The maximum absolute atomic E-state index is 13.1. The van der Waals surface area contributed by atoms with Crippen LogP contribution in [0.15, 0.2) is 18.2 Å². The van der Waals surface area contributed by atoms with Crippen molar-refractivity contribution in [3.8, 4) is 5.75 Å². The zero-order chi connectivity index (χ0) is 13.7. The molecule has 0 aromatic heterocycles. The first-order valence-corrected chi connectivity index (χ1v) is 5.01. The van der Waals surface area contributed by atoms with Gasteiger partial charge in [0.15, 0.2) is 11.6 Å². The molecule has 6 nitrogen and oxygen atoms in total. The maximum Gasteiger partial charge on any atom is 0.323 e. The van der Waals surface area contributed by atoms with Crippen LogP contribution in [0.5, 0.6) is 5.75 Å². The molecule has 0 aliphatic carbocycles. The van der Waals surface area contributed by atoms with Crippen LogP contribution in [0, 0.1) is 5.82 Å². The van der Waals surface area contributed by atoms with E-state index in [1.165, 1.54) is 26.3 Å². The topological polar surface area (TPSA) is 78.9 Å². The van der Waals surface area contributed by atoms with E-state index in [4.69, 9.17) is 9.84 Å². The fourth-order valence-electron chi connectivity index (χ4n) is 1.23. The molecule has 0 heterocycles. The Kier molecular flexibility index (Phi) is 4.47. The number of urea groups is 1. The van der Waals surface area contributed by atoms with Gasteiger partial charge in [0.2, 0.25) is 0 Å². The first-order chi connectivity index (χ1) is 8.43. The summed E-state index contributed by atoms with van der Waals surface area (Å²) in [6.07, 6.45) is 0. The number of rotatable bonds is 4. The van der Waals surface area contributed by atoms with Gasteiger partial charge < -0.3 is 20.1 Å². The average Bonchev–Trinajstić information content (AvgIpc) is 2.30. The van der Waals surface area contributed by atoms with Gasteiger partial charge in [0, 0.05) is 18.8 Å². The molecule has 2 N–H and O–H groups in total. The summed E-state index contributed by atoms with van der Waals surface area (Å²) in [5, 5.41) is 11.0. The van der Waals surface area contributed by atoms with Crippen molar-refractivity contribution >= 4 is 17.7 Å². The summed E-state index contributed by atoms with van der Waals surface area (Å²) in [6, 6.07) is 3.20. The number of nitrogens with one attached hydrogen (secondary N) is 1. The molecule has 0 radical (unpaired) electrons. The first-order valence-electron chi connectivity index (χ1n) is 5.01. The van der Waals surface area contributed by atoms with E-state index in [-0.39, 0.29) is 5.75 Å². The Hall–Kier alpha value is -2.31. The molecule has 0 bridgehead atoms. The Bertz CT molecular complexity index is 464. The van der Waals surface area contributed by atoms with E-state index in [0.717, 1.165) is 11.0 Å². The van der Waals surface area contributed by atoms with Crippen molar-refractivity contribution in [1.82, 2.24) is 4.90 Å². The van der Waals surface area contributed by atoms with Crippen molar-refractivity contribution in [2.24, 2.45) is 0 Å². The van der Waals surface area contributed by atoms with Crippen LogP contribution in [-0.4, -0.2) is 42.7 Å². The third-order valence-corrected chi connectivity index (χ3v) is 2.12. The quantitative estimate of drug-likeness (QED) is 0.853. The second-order valence-electron chi connectivity index (χ2n) is 3.53. The van der Waals surface area contributed by atoms with Crippen LogP contribution in [0.1, 0.15) is 0 Å². The van der Waals surface area contributed by atoms with Crippen molar-refractivity contribution in [2.75, 3.05) is 26.0 Å². The number of anilines is 1. The second kappa shape index (κ2) is 5.85. The number of carboxylic acid groups (broad SMARTS) is 1. The number of benzene rings is 1. The number of halogens is 1. The molecule has 1 aromatic carbocycles. The SMILES string of the molecule is COc1cc(NC(=O)N(C)CC(=O)O)ccc1F. The largest absolute Gasteiger partial charge is 0.494 e. The van der Waals surface area contributed by atoms with Crippen LogP contribution in [0.2, 0.25) is 0 Å². The zero-order valence-corrected chi connectivity index (χ0v) is 9.94. The molecular weight excluding hydrogens is 243 g/mol. The molecule has 18 heavy (non-hydrogen) atoms. The lowest BCUT2D eigenvalue weighted by atomic mass is 10.3. The molecule has 0 saturated carbocycles. The molecular formula is C11H13FN2O4. The summed E-state index contributed by atoms with van der Waals surface area (Å²) in [6.45, 7) is -0.426. The first kappa shape index (κ1) is 13.8. The smallest absolute Gasteiger partial charge is 0.323 e. The van der Waals surface area contributed by atoms with E-state index in [2.05, 4.69) is 5.32 Å². The minimum atomic E-state index is -1.12. The zero-order valence-electron chi connectivity index (χ0n) is 9.94. The van der Waals surface area contributed by atoms with Crippen molar-refractivity contribution in [3.05, 3.63) is 24.0 Å². The number of methoxy groups -OCH3 is 1. The number of hydrogen-bond acceptors (Lipinski definition) is 3. The summed E-state index contributed by atoms with van der Waals surface area (Å²) >= 11 is 0. The van der Waals surface area contributed by atoms with Crippen molar-refractivity contribution in [3.63, 3.8) is 0 Å². The number of amides is 2. The van der Waals surface area contributed by atoms with Gasteiger partial charge in [0.25, 0.3) is 0 Å². The maximum atomic E-state index is 13.1. The Labute approximate surface area is 103 Å². The summed E-state index contributed by atoms with van der Waals surface area (Å²) in [5.74, 6) is -1.67. The fraction of sp³-hybridized carbons (Fsp3) is 0.273. The molecule has 0 unspecified atom stereocenters. The monoisotopic (exact) mass is 256 g/mol. The molecule has 0 atom stereocenters. The van der Waals surface area contributed by atoms with Crippen LogP contribution < -0.4 is 10.1 Å². The Balaban J connectivity index is 2.72. The number of nitrogens with zero attached hydrogens (tertiary/aromatic N) is 1. The normalized spacial score (nSPS) is 9.72. The van der Waals surface area contributed by atoms with E-state index in [0.29, 0.717) is 5.69 Å². The van der Waals surface area contributed by atoms with E-state index in [1.54, 1.807) is 0 Å².